The number of nitrogens with one attached hydrogen (secondary N) is 1. The van der Waals surface area contributed by atoms with E-state index in [0.29, 0.717) is 13.1 Å². The van der Waals surface area contributed by atoms with Crippen LogP contribution >= 0.6 is 0 Å². The zero-order chi connectivity index (χ0) is 14.9. The van der Waals surface area contributed by atoms with Gasteiger partial charge in [-0.1, -0.05) is 0 Å². The van der Waals surface area contributed by atoms with Gasteiger partial charge in [-0.2, -0.15) is 5.10 Å². The second kappa shape index (κ2) is 5.57. The van der Waals surface area contributed by atoms with E-state index >= 15 is 0 Å². The molecule has 0 aliphatic carbocycles. The molecule has 0 saturated carbocycles. The average Bonchev–Trinajstić information content (AvgIpc) is 3.01. The van der Waals surface area contributed by atoms with E-state index in [1.807, 2.05) is 18.2 Å². The first kappa shape index (κ1) is 14.2. The van der Waals surface area contributed by atoms with Crippen LogP contribution in [0.5, 0.6) is 0 Å². The Labute approximate surface area is 124 Å². The maximum atomic E-state index is 11.7. The van der Waals surface area contributed by atoms with Gasteiger partial charge in [-0.05, 0) is 42.5 Å². The number of hydrogen-bond acceptors (Lipinski definition) is 4. The van der Waals surface area contributed by atoms with Crippen LogP contribution in [0.1, 0.15) is 24.3 Å². The molecule has 1 aliphatic rings. The molecule has 1 N–H and O–H groups in total. The molecule has 7 heteroatoms. The third kappa shape index (κ3) is 3.14. The van der Waals surface area contributed by atoms with Crippen LogP contribution in [0.4, 0.5) is 0 Å². The van der Waals surface area contributed by atoms with Crippen LogP contribution < -0.4 is 0 Å². The van der Waals surface area contributed by atoms with E-state index in [9.17, 15) is 8.42 Å². The minimum absolute atomic E-state index is 0.221. The van der Waals surface area contributed by atoms with E-state index in [-0.39, 0.29) is 5.92 Å². The van der Waals surface area contributed by atoms with E-state index in [2.05, 4.69) is 15.2 Å². The highest BCUT2D eigenvalue weighted by molar-refractivity contribution is 7.88. The van der Waals surface area contributed by atoms with Crippen molar-refractivity contribution in [2.75, 3.05) is 19.3 Å². The first-order chi connectivity index (χ1) is 10.0. The van der Waals surface area contributed by atoms with E-state index in [0.717, 1.165) is 29.8 Å². The summed E-state index contributed by atoms with van der Waals surface area (Å²) in [5.41, 5.74) is 2.83. The van der Waals surface area contributed by atoms with Crippen molar-refractivity contribution in [3.63, 3.8) is 0 Å². The maximum Gasteiger partial charge on any atom is 0.211 e. The summed E-state index contributed by atoms with van der Waals surface area (Å²) in [6, 6.07) is 5.86. The number of rotatable bonds is 3. The highest BCUT2D eigenvalue weighted by Gasteiger charge is 2.27. The third-order valence-electron chi connectivity index (χ3n) is 3.89. The number of piperidine rings is 1. The van der Waals surface area contributed by atoms with Gasteiger partial charge in [0, 0.05) is 25.5 Å². The summed E-state index contributed by atoms with van der Waals surface area (Å²) in [5.74, 6) is 0.221. The molecule has 1 atom stereocenters. The topological polar surface area (TPSA) is 79.0 Å². The highest BCUT2D eigenvalue weighted by atomic mass is 32.2. The molecule has 0 radical (unpaired) electrons. The van der Waals surface area contributed by atoms with Gasteiger partial charge < -0.3 is 0 Å². The lowest BCUT2D eigenvalue weighted by Gasteiger charge is -2.31. The van der Waals surface area contributed by atoms with Crippen LogP contribution in [0, 0.1) is 0 Å². The molecule has 0 bridgehead atoms. The molecule has 1 fully saturated rings. The van der Waals surface area contributed by atoms with Crippen molar-refractivity contribution in [3.05, 3.63) is 36.2 Å². The SMILES string of the molecule is CS(=O)(=O)N1CCCC(c2ccnc(-c3ccn[nH]3)c2)C1. The molecule has 3 rings (SSSR count). The van der Waals surface area contributed by atoms with Crippen LogP contribution in [0.3, 0.4) is 0 Å². The Bertz CT molecular complexity index is 712. The highest BCUT2D eigenvalue weighted by Crippen LogP contribution is 2.29. The van der Waals surface area contributed by atoms with Gasteiger partial charge in [-0.3, -0.25) is 10.1 Å². The fourth-order valence-electron chi connectivity index (χ4n) is 2.76. The molecule has 0 spiro atoms. The van der Waals surface area contributed by atoms with Crippen molar-refractivity contribution in [1.82, 2.24) is 19.5 Å². The first-order valence-corrected chi connectivity index (χ1v) is 8.80. The molecule has 1 unspecified atom stereocenters. The minimum Gasteiger partial charge on any atom is -0.276 e. The van der Waals surface area contributed by atoms with E-state index in [4.69, 9.17) is 0 Å². The molecule has 0 aromatic carbocycles. The standard InChI is InChI=1S/C14H18N4O2S/c1-21(19,20)18-8-2-3-12(10-18)11-4-6-15-14(9-11)13-5-7-16-17-13/h4-7,9,12H,2-3,8,10H2,1H3,(H,16,17). The Morgan fingerprint density at radius 1 is 1.33 bits per heavy atom. The zero-order valence-corrected chi connectivity index (χ0v) is 12.7. The van der Waals surface area contributed by atoms with Crippen molar-refractivity contribution in [1.29, 1.82) is 0 Å². The summed E-state index contributed by atoms with van der Waals surface area (Å²) in [6.45, 7) is 1.17. The molecule has 21 heavy (non-hydrogen) atoms. The van der Waals surface area contributed by atoms with Crippen LogP contribution in [-0.2, 0) is 10.0 Å². The van der Waals surface area contributed by atoms with Gasteiger partial charge in [0.2, 0.25) is 10.0 Å². The normalized spacial score (nSPS) is 20.5. The Morgan fingerprint density at radius 3 is 2.90 bits per heavy atom. The quantitative estimate of drug-likeness (QED) is 0.934. The van der Waals surface area contributed by atoms with E-state index in [1.165, 1.54) is 6.26 Å². The van der Waals surface area contributed by atoms with Gasteiger partial charge in [-0.25, -0.2) is 12.7 Å². The van der Waals surface area contributed by atoms with Crippen LogP contribution in [0.25, 0.3) is 11.4 Å². The van der Waals surface area contributed by atoms with Gasteiger partial charge >= 0.3 is 0 Å². The van der Waals surface area contributed by atoms with Crippen molar-refractivity contribution < 1.29 is 8.42 Å². The zero-order valence-electron chi connectivity index (χ0n) is 11.9. The first-order valence-electron chi connectivity index (χ1n) is 6.95. The molecule has 112 valence electrons. The number of sulfonamides is 1. The molecule has 3 heterocycles. The van der Waals surface area contributed by atoms with E-state index in [1.54, 1.807) is 16.7 Å². The molecule has 1 aliphatic heterocycles. The maximum absolute atomic E-state index is 11.7. The Balaban J connectivity index is 1.85. The lowest BCUT2D eigenvalue weighted by molar-refractivity contribution is 0.317. The number of hydrogen-bond donors (Lipinski definition) is 1. The molecule has 1 saturated heterocycles. The largest absolute Gasteiger partial charge is 0.276 e. The predicted molar refractivity (Wildman–Crippen MR) is 80.2 cm³/mol. The summed E-state index contributed by atoms with van der Waals surface area (Å²) in [4.78, 5) is 4.34. The van der Waals surface area contributed by atoms with Gasteiger partial charge in [0.15, 0.2) is 0 Å². The number of nitrogens with zero attached hydrogens (tertiary/aromatic N) is 3. The molecule has 2 aromatic rings. The van der Waals surface area contributed by atoms with Crippen LogP contribution in [-0.4, -0.2) is 47.2 Å². The number of H-pyrrole nitrogens is 1. The lowest BCUT2D eigenvalue weighted by atomic mass is 9.92. The van der Waals surface area contributed by atoms with Crippen molar-refractivity contribution >= 4 is 10.0 Å². The second-order valence-electron chi connectivity index (χ2n) is 5.40. The van der Waals surface area contributed by atoms with E-state index < -0.39 is 10.0 Å². The third-order valence-corrected chi connectivity index (χ3v) is 5.15. The van der Waals surface area contributed by atoms with Crippen LogP contribution in [0.15, 0.2) is 30.6 Å². The Morgan fingerprint density at radius 2 is 2.19 bits per heavy atom. The minimum atomic E-state index is -3.12. The molecular formula is C14H18N4O2S. The molecule has 6 nitrogen and oxygen atoms in total. The average molecular weight is 306 g/mol. The van der Waals surface area contributed by atoms with Gasteiger partial charge in [0.25, 0.3) is 0 Å². The number of aromatic nitrogens is 3. The number of pyridine rings is 1. The summed E-state index contributed by atoms with van der Waals surface area (Å²) >= 11 is 0. The van der Waals surface area contributed by atoms with Crippen LogP contribution in [0.2, 0.25) is 0 Å². The second-order valence-corrected chi connectivity index (χ2v) is 7.39. The smallest absolute Gasteiger partial charge is 0.211 e. The summed E-state index contributed by atoms with van der Waals surface area (Å²) in [5, 5.41) is 6.83. The number of aromatic amines is 1. The fourth-order valence-corrected chi connectivity index (χ4v) is 3.67. The summed E-state index contributed by atoms with van der Waals surface area (Å²) < 4.78 is 25.0. The van der Waals surface area contributed by atoms with Gasteiger partial charge in [0.1, 0.15) is 0 Å². The molecule has 0 amide bonds. The molecular weight excluding hydrogens is 288 g/mol. The fraction of sp³-hybridized carbons (Fsp3) is 0.429. The Kier molecular flexibility index (Phi) is 3.77. The van der Waals surface area contributed by atoms with Crippen molar-refractivity contribution in [2.45, 2.75) is 18.8 Å². The summed E-state index contributed by atoms with van der Waals surface area (Å²) in [7, 11) is -3.12. The summed E-state index contributed by atoms with van der Waals surface area (Å²) in [6.07, 6.45) is 6.62. The van der Waals surface area contributed by atoms with Crippen molar-refractivity contribution in [2.24, 2.45) is 0 Å². The molecule has 2 aromatic heterocycles. The Hall–Kier alpha value is -1.73. The van der Waals surface area contributed by atoms with Gasteiger partial charge in [-0.15, -0.1) is 0 Å². The van der Waals surface area contributed by atoms with Gasteiger partial charge in [0.05, 0.1) is 17.6 Å². The monoisotopic (exact) mass is 306 g/mol. The lowest BCUT2D eigenvalue weighted by Crippen LogP contribution is -2.38. The predicted octanol–water partition coefficient (Wildman–Crippen LogP) is 1.61. The van der Waals surface area contributed by atoms with Crippen molar-refractivity contribution in [3.8, 4) is 11.4 Å².